The van der Waals surface area contributed by atoms with Crippen LogP contribution in [-0.4, -0.2) is 29.3 Å². The van der Waals surface area contributed by atoms with E-state index in [4.69, 9.17) is 24.9 Å². The molecule has 192 valence electrons. The average Bonchev–Trinajstić information content (AvgIpc) is 3.45. The number of nitrogens with zero attached hydrogens (tertiary/aromatic N) is 6. The van der Waals surface area contributed by atoms with E-state index in [1.165, 1.54) is 0 Å². The summed E-state index contributed by atoms with van der Waals surface area (Å²) in [5, 5.41) is 0. The Morgan fingerprint density at radius 1 is 0.390 bits per heavy atom. The van der Waals surface area contributed by atoms with Crippen LogP contribution in [0, 0.1) is 0 Å². The molecule has 0 atom stereocenters. The molecule has 0 amide bonds. The third kappa shape index (κ3) is 3.93. The van der Waals surface area contributed by atoms with E-state index in [2.05, 4.69) is 40.8 Å². The second kappa shape index (κ2) is 9.47. The van der Waals surface area contributed by atoms with Gasteiger partial charge in [-0.15, -0.1) is 0 Å². The van der Waals surface area contributed by atoms with Crippen molar-refractivity contribution in [3.8, 4) is 45.4 Å². The van der Waals surface area contributed by atoms with Crippen LogP contribution in [-0.2, 0) is 0 Å². The second-order valence-electron chi connectivity index (χ2n) is 9.80. The van der Waals surface area contributed by atoms with E-state index in [0.29, 0.717) is 28.8 Å². The molecule has 8 aromatic rings. The van der Waals surface area contributed by atoms with Crippen LogP contribution in [0.15, 0.2) is 133 Å². The highest BCUT2D eigenvalue weighted by Crippen LogP contribution is 2.34. The molecule has 0 unspecified atom stereocenters. The molecular formula is C35H22N6. The molecule has 0 bridgehead atoms. The first-order valence-electron chi connectivity index (χ1n) is 13.5. The highest BCUT2D eigenvalue weighted by atomic mass is 15.1. The molecule has 3 heterocycles. The molecule has 0 aliphatic carbocycles. The van der Waals surface area contributed by atoms with Crippen LogP contribution in [0.5, 0.6) is 0 Å². The number of rotatable bonds is 4. The zero-order chi connectivity index (χ0) is 27.2. The van der Waals surface area contributed by atoms with Gasteiger partial charge in [0.05, 0.1) is 22.1 Å². The largest absolute Gasteiger partial charge is 0.289 e. The van der Waals surface area contributed by atoms with Crippen molar-refractivity contribution in [1.82, 2.24) is 29.3 Å². The first-order chi connectivity index (χ1) is 20.3. The van der Waals surface area contributed by atoms with Crippen molar-refractivity contribution in [2.75, 3.05) is 0 Å². The first kappa shape index (κ1) is 23.2. The topological polar surface area (TPSA) is 68.9 Å². The van der Waals surface area contributed by atoms with Gasteiger partial charge in [0.1, 0.15) is 0 Å². The van der Waals surface area contributed by atoms with E-state index in [1.54, 1.807) is 0 Å². The molecule has 6 heteroatoms. The van der Waals surface area contributed by atoms with Gasteiger partial charge in [0.2, 0.25) is 0 Å². The van der Waals surface area contributed by atoms with Gasteiger partial charge in [-0.05, 0) is 23.8 Å². The van der Waals surface area contributed by atoms with Gasteiger partial charge in [-0.25, -0.2) is 24.9 Å². The zero-order valence-electron chi connectivity index (χ0n) is 21.9. The van der Waals surface area contributed by atoms with Crippen molar-refractivity contribution in [2.24, 2.45) is 0 Å². The highest BCUT2D eigenvalue weighted by Gasteiger charge is 2.21. The summed E-state index contributed by atoms with van der Waals surface area (Å²) < 4.78 is 2.17. The fraction of sp³-hybridized carbons (Fsp3) is 0. The maximum absolute atomic E-state index is 5.28. The Morgan fingerprint density at radius 2 is 0.927 bits per heavy atom. The van der Waals surface area contributed by atoms with Crippen molar-refractivity contribution < 1.29 is 0 Å². The molecule has 0 aliphatic rings. The van der Waals surface area contributed by atoms with Gasteiger partial charge in [-0.3, -0.25) is 4.40 Å². The summed E-state index contributed by atoms with van der Waals surface area (Å²) >= 11 is 0. The molecular weight excluding hydrogens is 504 g/mol. The Labute approximate surface area is 235 Å². The molecule has 0 N–H and O–H groups in total. The van der Waals surface area contributed by atoms with Crippen LogP contribution in [0.25, 0.3) is 73.1 Å². The highest BCUT2D eigenvalue weighted by molar-refractivity contribution is 5.99. The van der Waals surface area contributed by atoms with Crippen LogP contribution in [0.3, 0.4) is 0 Å². The number of hydrogen-bond acceptors (Lipinski definition) is 5. The number of para-hydroxylation sites is 3. The molecule has 41 heavy (non-hydrogen) atoms. The Bertz CT molecular complexity index is 2130. The molecule has 0 saturated carbocycles. The first-order valence-corrected chi connectivity index (χ1v) is 13.5. The predicted molar refractivity (Wildman–Crippen MR) is 163 cm³/mol. The molecule has 5 aromatic carbocycles. The van der Waals surface area contributed by atoms with Gasteiger partial charge < -0.3 is 0 Å². The van der Waals surface area contributed by atoms with Gasteiger partial charge in [-0.1, -0.05) is 115 Å². The van der Waals surface area contributed by atoms with E-state index in [-0.39, 0.29) is 0 Å². The molecule has 0 spiro atoms. The van der Waals surface area contributed by atoms with Crippen LogP contribution in [0.2, 0.25) is 0 Å². The van der Waals surface area contributed by atoms with Gasteiger partial charge in [0.25, 0.3) is 0 Å². The quantitative estimate of drug-likeness (QED) is 0.233. The van der Waals surface area contributed by atoms with E-state index in [9.17, 15) is 0 Å². The Kier molecular flexibility index (Phi) is 5.35. The summed E-state index contributed by atoms with van der Waals surface area (Å²) in [4.78, 5) is 25.2. The molecule has 0 aliphatic heterocycles. The number of imidazole rings is 1. The second-order valence-corrected chi connectivity index (χ2v) is 9.80. The van der Waals surface area contributed by atoms with Crippen LogP contribution in [0.4, 0.5) is 0 Å². The molecule has 0 saturated heterocycles. The van der Waals surface area contributed by atoms with E-state index in [1.807, 2.05) is 97.1 Å². The number of hydrogen-bond donors (Lipinski definition) is 0. The summed E-state index contributed by atoms with van der Waals surface area (Å²) in [5.41, 5.74) is 8.95. The standard InChI is InChI=1S/C35H22N6/c1-4-13-23(14-5-1)26-19-12-22-29-30(26)37-31(35-36-27-20-10-11-21-28(27)41(29)35)34-39-32(24-15-6-2-7-16-24)38-33(40-34)25-17-8-3-9-18-25/h1-22H. The lowest BCUT2D eigenvalue weighted by molar-refractivity contribution is 1.06. The number of aromatic nitrogens is 6. The normalized spacial score (nSPS) is 11.4. The van der Waals surface area contributed by atoms with Gasteiger partial charge in [0, 0.05) is 16.7 Å². The fourth-order valence-corrected chi connectivity index (χ4v) is 5.33. The smallest absolute Gasteiger partial charge is 0.186 e. The van der Waals surface area contributed by atoms with Crippen LogP contribution >= 0.6 is 0 Å². The minimum atomic E-state index is 0.475. The monoisotopic (exact) mass is 526 g/mol. The maximum atomic E-state index is 5.28. The minimum Gasteiger partial charge on any atom is -0.289 e. The van der Waals surface area contributed by atoms with Crippen molar-refractivity contribution in [1.29, 1.82) is 0 Å². The van der Waals surface area contributed by atoms with E-state index >= 15 is 0 Å². The predicted octanol–water partition coefficient (Wildman–Crippen LogP) is 7.89. The fourth-order valence-electron chi connectivity index (χ4n) is 5.33. The third-order valence-electron chi connectivity index (χ3n) is 7.25. The lowest BCUT2D eigenvalue weighted by Gasteiger charge is -2.12. The third-order valence-corrected chi connectivity index (χ3v) is 7.25. The molecule has 3 aromatic heterocycles. The van der Waals surface area contributed by atoms with E-state index in [0.717, 1.165) is 44.3 Å². The SMILES string of the molecule is c1ccc(-c2nc(-c3ccccc3)nc(-c3nc4c(-c5ccccc5)cccc4n4c3nc3ccccc34)n2)cc1. The molecule has 6 nitrogen and oxygen atoms in total. The lowest BCUT2D eigenvalue weighted by Crippen LogP contribution is -2.04. The van der Waals surface area contributed by atoms with Crippen molar-refractivity contribution in [2.45, 2.75) is 0 Å². The Balaban J connectivity index is 1.50. The molecule has 8 rings (SSSR count). The summed E-state index contributed by atoms with van der Waals surface area (Å²) in [5.74, 6) is 1.65. The minimum absolute atomic E-state index is 0.475. The molecule has 0 radical (unpaired) electrons. The van der Waals surface area contributed by atoms with Crippen molar-refractivity contribution in [3.63, 3.8) is 0 Å². The van der Waals surface area contributed by atoms with Gasteiger partial charge in [-0.2, -0.15) is 0 Å². The number of benzene rings is 5. The van der Waals surface area contributed by atoms with Gasteiger partial charge >= 0.3 is 0 Å². The van der Waals surface area contributed by atoms with E-state index < -0.39 is 0 Å². The summed E-state index contributed by atoms with van der Waals surface area (Å²) in [6.45, 7) is 0. The van der Waals surface area contributed by atoms with Crippen LogP contribution < -0.4 is 0 Å². The lowest BCUT2D eigenvalue weighted by atomic mass is 10.0. The summed E-state index contributed by atoms with van der Waals surface area (Å²) in [6.07, 6.45) is 0. The Morgan fingerprint density at radius 3 is 1.59 bits per heavy atom. The zero-order valence-corrected chi connectivity index (χ0v) is 21.9. The van der Waals surface area contributed by atoms with Crippen molar-refractivity contribution >= 4 is 27.7 Å². The maximum Gasteiger partial charge on any atom is 0.186 e. The summed E-state index contributed by atoms with van der Waals surface area (Å²) in [6, 6.07) is 44.7. The Hall–Kier alpha value is -5.75. The summed E-state index contributed by atoms with van der Waals surface area (Å²) in [7, 11) is 0. The average molecular weight is 527 g/mol. The number of fused-ring (bicyclic) bond motifs is 5. The molecule has 0 fully saturated rings. The van der Waals surface area contributed by atoms with Crippen LogP contribution in [0.1, 0.15) is 0 Å². The van der Waals surface area contributed by atoms with Gasteiger partial charge in [0.15, 0.2) is 28.8 Å². The van der Waals surface area contributed by atoms with Crippen molar-refractivity contribution in [3.05, 3.63) is 133 Å².